The molecule has 21 heavy (non-hydrogen) atoms. The summed E-state index contributed by atoms with van der Waals surface area (Å²) in [5, 5.41) is 11.8. The molecule has 2 N–H and O–H groups in total. The number of hydrogen-bond donors (Lipinski definition) is 2. The third-order valence-electron chi connectivity index (χ3n) is 3.37. The van der Waals surface area contributed by atoms with Gasteiger partial charge in [-0.25, -0.2) is 0 Å². The maximum atomic E-state index is 11.9. The molecule has 0 aliphatic carbocycles. The van der Waals surface area contributed by atoms with Gasteiger partial charge in [0.15, 0.2) is 0 Å². The SMILES string of the molecule is COc1ccc(NC(=O)CN2CCC[C@H]2C(=O)O)cc1.Cl. The quantitative estimate of drug-likeness (QED) is 0.863. The molecule has 1 aromatic rings. The Labute approximate surface area is 129 Å². The molecule has 0 aromatic heterocycles. The van der Waals surface area contributed by atoms with Gasteiger partial charge in [0.2, 0.25) is 5.91 Å². The van der Waals surface area contributed by atoms with Crippen molar-refractivity contribution in [3.05, 3.63) is 24.3 Å². The van der Waals surface area contributed by atoms with Crippen molar-refractivity contribution in [2.45, 2.75) is 18.9 Å². The molecule has 1 fully saturated rings. The summed E-state index contributed by atoms with van der Waals surface area (Å²) < 4.78 is 5.04. The number of carbonyl (C=O) groups is 2. The number of carboxylic acid groups (broad SMARTS) is 1. The smallest absolute Gasteiger partial charge is 0.320 e. The fourth-order valence-electron chi connectivity index (χ4n) is 2.35. The van der Waals surface area contributed by atoms with Gasteiger partial charge in [0.1, 0.15) is 11.8 Å². The molecule has 1 aliphatic heterocycles. The molecule has 7 heteroatoms. The van der Waals surface area contributed by atoms with E-state index in [-0.39, 0.29) is 24.9 Å². The Balaban J connectivity index is 0.00000220. The highest BCUT2D eigenvalue weighted by molar-refractivity contribution is 5.92. The van der Waals surface area contributed by atoms with Gasteiger partial charge < -0.3 is 15.2 Å². The van der Waals surface area contributed by atoms with Gasteiger partial charge in [-0.05, 0) is 43.7 Å². The molecule has 1 amide bonds. The largest absolute Gasteiger partial charge is 0.497 e. The van der Waals surface area contributed by atoms with Gasteiger partial charge in [-0.3, -0.25) is 14.5 Å². The second kappa shape index (κ2) is 7.85. The summed E-state index contributed by atoms with van der Waals surface area (Å²) in [5.74, 6) is -0.350. The van der Waals surface area contributed by atoms with Crippen LogP contribution in [-0.2, 0) is 9.59 Å². The zero-order valence-electron chi connectivity index (χ0n) is 11.7. The number of carboxylic acids is 1. The van der Waals surface area contributed by atoms with Crippen molar-refractivity contribution in [2.24, 2.45) is 0 Å². The van der Waals surface area contributed by atoms with E-state index >= 15 is 0 Å². The van der Waals surface area contributed by atoms with Crippen LogP contribution < -0.4 is 10.1 Å². The first-order valence-electron chi connectivity index (χ1n) is 6.51. The number of likely N-dealkylation sites (tertiary alicyclic amines) is 1. The maximum absolute atomic E-state index is 11.9. The number of carbonyl (C=O) groups excluding carboxylic acids is 1. The molecule has 0 bridgehead atoms. The first kappa shape index (κ1) is 17.3. The number of ether oxygens (including phenoxy) is 1. The lowest BCUT2D eigenvalue weighted by Gasteiger charge is -2.20. The first-order valence-corrected chi connectivity index (χ1v) is 6.51. The van der Waals surface area contributed by atoms with E-state index in [9.17, 15) is 9.59 Å². The number of nitrogens with one attached hydrogen (secondary N) is 1. The van der Waals surface area contributed by atoms with E-state index in [1.165, 1.54) is 0 Å². The third-order valence-corrected chi connectivity index (χ3v) is 3.37. The molecule has 0 radical (unpaired) electrons. The van der Waals surface area contributed by atoms with Crippen LogP contribution in [0.25, 0.3) is 0 Å². The van der Waals surface area contributed by atoms with Crippen LogP contribution in [0.1, 0.15) is 12.8 Å². The number of methoxy groups -OCH3 is 1. The van der Waals surface area contributed by atoms with Crippen molar-refractivity contribution in [1.29, 1.82) is 0 Å². The summed E-state index contributed by atoms with van der Waals surface area (Å²) in [6.45, 7) is 0.746. The van der Waals surface area contributed by atoms with Gasteiger partial charge in [-0.2, -0.15) is 0 Å². The van der Waals surface area contributed by atoms with E-state index in [0.717, 1.165) is 6.42 Å². The van der Waals surface area contributed by atoms with E-state index in [0.29, 0.717) is 24.4 Å². The Hall–Kier alpha value is -1.79. The Morgan fingerprint density at radius 2 is 2.05 bits per heavy atom. The van der Waals surface area contributed by atoms with Gasteiger partial charge in [0, 0.05) is 5.69 Å². The van der Waals surface area contributed by atoms with E-state index in [4.69, 9.17) is 9.84 Å². The molecule has 0 unspecified atom stereocenters. The minimum absolute atomic E-state index is 0. The van der Waals surface area contributed by atoms with Gasteiger partial charge in [-0.15, -0.1) is 12.4 Å². The lowest BCUT2D eigenvalue weighted by Crippen LogP contribution is -2.40. The number of anilines is 1. The molecule has 1 saturated heterocycles. The lowest BCUT2D eigenvalue weighted by atomic mass is 10.2. The van der Waals surface area contributed by atoms with Crippen LogP contribution in [0.5, 0.6) is 5.75 Å². The normalized spacial score (nSPS) is 17.9. The van der Waals surface area contributed by atoms with Gasteiger partial charge >= 0.3 is 5.97 Å². The Kier molecular flexibility index (Phi) is 6.45. The van der Waals surface area contributed by atoms with Gasteiger partial charge in [0.05, 0.1) is 13.7 Å². The number of halogens is 1. The highest BCUT2D eigenvalue weighted by Crippen LogP contribution is 2.18. The average Bonchev–Trinajstić information content (AvgIpc) is 2.87. The predicted octanol–water partition coefficient (Wildman–Crippen LogP) is 1.60. The van der Waals surface area contributed by atoms with Crippen LogP contribution in [0.15, 0.2) is 24.3 Å². The topological polar surface area (TPSA) is 78.9 Å². The number of rotatable bonds is 5. The number of benzene rings is 1. The van der Waals surface area contributed by atoms with Crippen LogP contribution in [0.3, 0.4) is 0 Å². The van der Waals surface area contributed by atoms with Crippen molar-refractivity contribution in [3.8, 4) is 5.75 Å². The zero-order valence-corrected chi connectivity index (χ0v) is 12.6. The monoisotopic (exact) mass is 314 g/mol. The van der Waals surface area contributed by atoms with Crippen molar-refractivity contribution in [3.63, 3.8) is 0 Å². The predicted molar refractivity (Wildman–Crippen MR) is 81.1 cm³/mol. The third kappa shape index (κ3) is 4.61. The zero-order chi connectivity index (χ0) is 14.5. The second-order valence-electron chi connectivity index (χ2n) is 4.74. The molecule has 0 saturated carbocycles. The Morgan fingerprint density at radius 3 is 2.62 bits per heavy atom. The summed E-state index contributed by atoms with van der Waals surface area (Å²) in [6.07, 6.45) is 1.41. The lowest BCUT2D eigenvalue weighted by molar-refractivity contribution is -0.142. The minimum Gasteiger partial charge on any atom is -0.497 e. The van der Waals surface area contributed by atoms with E-state index in [2.05, 4.69) is 5.32 Å². The van der Waals surface area contributed by atoms with Crippen molar-refractivity contribution < 1.29 is 19.4 Å². The standard InChI is InChI=1S/C14H18N2O4.ClH/c1-20-11-6-4-10(5-7-11)15-13(17)9-16-8-2-3-12(16)14(18)19;/h4-7,12H,2-3,8-9H2,1H3,(H,15,17)(H,18,19);1H/t12-;/m0./s1. The van der Waals surface area contributed by atoms with E-state index in [1.807, 2.05) is 0 Å². The van der Waals surface area contributed by atoms with Crippen LogP contribution in [0, 0.1) is 0 Å². The van der Waals surface area contributed by atoms with Crippen molar-refractivity contribution >= 4 is 30.0 Å². The van der Waals surface area contributed by atoms with Crippen molar-refractivity contribution in [2.75, 3.05) is 25.5 Å². The molecule has 116 valence electrons. The number of amides is 1. The molecule has 1 atom stereocenters. The summed E-state index contributed by atoms with van der Waals surface area (Å²) in [6, 6.07) is 6.46. The highest BCUT2D eigenvalue weighted by atomic mass is 35.5. The summed E-state index contributed by atoms with van der Waals surface area (Å²) in [4.78, 5) is 24.6. The fraction of sp³-hybridized carbons (Fsp3) is 0.429. The molecular weight excluding hydrogens is 296 g/mol. The summed E-state index contributed by atoms with van der Waals surface area (Å²) >= 11 is 0. The molecule has 1 aromatic carbocycles. The molecule has 2 rings (SSSR count). The second-order valence-corrected chi connectivity index (χ2v) is 4.74. The molecular formula is C14H19ClN2O4. The van der Waals surface area contributed by atoms with Crippen LogP contribution in [0.4, 0.5) is 5.69 Å². The summed E-state index contributed by atoms with van der Waals surface area (Å²) in [5.41, 5.74) is 0.668. The van der Waals surface area contributed by atoms with Crippen LogP contribution in [-0.4, -0.2) is 48.1 Å². The summed E-state index contributed by atoms with van der Waals surface area (Å²) in [7, 11) is 1.58. The van der Waals surface area contributed by atoms with Crippen LogP contribution >= 0.6 is 12.4 Å². The fourth-order valence-corrected chi connectivity index (χ4v) is 2.35. The highest BCUT2D eigenvalue weighted by Gasteiger charge is 2.31. The van der Waals surface area contributed by atoms with Gasteiger partial charge in [0.25, 0.3) is 0 Å². The molecule has 1 aliphatic rings. The maximum Gasteiger partial charge on any atom is 0.320 e. The first-order chi connectivity index (χ1) is 9.60. The Bertz CT molecular complexity index is 492. The van der Waals surface area contributed by atoms with E-state index in [1.54, 1.807) is 36.3 Å². The molecule has 6 nitrogen and oxygen atoms in total. The van der Waals surface area contributed by atoms with E-state index < -0.39 is 12.0 Å². The number of aliphatic carboxylic acids is 1. The van der Waals surface area contributed by atoms with Crippen LogP contribution in [0.2, 0.25) is 0 Å². The average molecular weight is 315 g/mol. The van der Waals surface area contributed by atoms with Crippen molar-refractivity contribution in [1.82, 2.24) is 4.90 Å². The number of hydrogen-bond acceptors (Lipinski definition) is 4. The number of nitrogens with zero attached hydrogens (tertiary/aromatic N) is 1. The molecule has 0 spiro atoms. The van der Waals surface area contributed by atoms with Gasteiger partial charge in [-0.1, -0.05) is 0 Å². The molecule has 1 heterocycles. The minimum atomic E-state index is -0.861. The Morgan fingerprint density at radius 1 is 1.38 bits per heavy atom.